The molecule has 1 aliphatic heterocycles. The normalized spacial score (nSPS) is 28.5. The van der Waals surface area contributed by atoms with E-state index in [0.29, 0.717) is 29.9 Å². The molecule has 1 unspecified atom stereocenters. The molecule has 2 aromatic rings. The summed E-state index contributed by atoms with van der Waals surface area (Å²) in [4.78, 5) is 15.0. The monoisotopic (exact) mass is 549 g/mol. The van der Waals surface area contributed by atoms with Gasteiger partial charge in [0, 0.05) is 36.6 Å². The van der Waals surface area contributed by atoms with Gasteiger partial charge in [-0.05, 0) is 105 Å². The van der Waals surface area contributed by atoms with Gasteiger partial charge < -0.3 is 19.1 Å². The molecule has 1 heterocycles. The minimum Gasteiger partial charge on any atom is -0.490 e. The van der Waals surface area contributed by atoms with E-state index >= 15 is 0 Å². The molecule has 1 fully saturated rings. The molecule has 0 radical (unpaired) electrons. The van der Waals surface area contributed by atoms with Crippen LogP contribution in [-0.4, -0.2) is 46.0 Å². The first-order valence-electron chi connectivity index (χ1n) is 14.6. The Bertz CT molecular complexity index is 1240. The van der Waals surface area contributed by atoms with Gasteiger partial charge in [-0.3, -0.25) is 0 Å². The van der Waals surface area contributed by atoms with Crippen molar-refractivity contribution in [3.05, 3.63) is 70.3 Å². The summed E-state index contributed by atoms with van der Waals surface area (Å²) in [6, 6.07) is 12.1. The van der Waals surface area contributed by atoms with Gasteiger partial charge in [-0.15, -0.1) is 0 Å². The molecule has 39 heavy (non-hydrogen) atoms. The van der Waals surface area contributed by atoms with Crippen LogP contribution in [-0.2, 0) is 21.3 Å². The Morgan fingerprint density at radius 1 is 1.15 bits per heavy atom. The van der Waals surface area contributed by atoms with Crippen LogP contribution < -0.4 is 9.64 Å². The largest absolute Gasteiger partial charge is 0.490 e. The van der Waals surface area contributed by atoms with Crippen molar-refractivity contribution < 1.29 is 19.0 Å². The molecule has 1 spiro atoms. The van der Waals surface area contributed by atoms with E-state index in [0.717, 1.165) is 48.8 Å². The summed E-state index contributed by atoms with van der Waals surface area (Å²) >= 11 is 6.42. The highest BCUT2D eigenvalue weighted by atomic mass is 35.5. The number of hydrogen-bond acceptors (Lipinski definition) is 5. The van der Waals surface area contributed by atoms with Gasteiger partial charge in [-0.1, -0.05) is 29.8 Å². The lowest BCUT2D eigenvalue weighted by molar-refractivity contribution is -0.0426. The standard InChI is InChI=1S/C33H40ClNO4/c1-37-31(22-7-4-3-5-8-22)27-13-10-25(27)19-35-20-33(16-6-9-23-17-26(34)12-14-28(23)33)21-39-30-15-11-24(18-29(30)35)32(36)38-2/h4,7,11-12,14-15,17-18,22,25,27,31H,3,5-6,8-10,13,16,19-21H2,1-2H3/t22-,25+,27-,31+,33?/m1/s1. The zero-order valence-corrected chi connectivity index (χ0v) is 23.9. The second kappa shape index (κ2) is 11.2. The zero-order chi connectivity index (χ0) is 27.0. The number of hydrogen-bond donors (Lipinski definition) is 0. The number of aryl methyl sites for hydroxylation is 1. The maximum atomic E-state index is 12.5. The first-order chi connectivity index (χ1) is 19.0. The van der Waals surface area contributed by atoms with Gasteiger partial charge in [0.2, 0.25) is 0 Å². The third-order valence-electron chi connectivity index (χ3n) is 9.80. The summed E-state index contributed by atoms with van der Waals surface area (Å²) < 4.78 is 17.8. The summed E-state index contributed by atoms with van der Waals surface area (Å²) in [6.45, 7) is 2.39. The number of carbonyl (C=O) groups is 1. The number of carbonyl (C=O) groups excluding carboxylic acids is 1. The zero-order valence-electron chi connectivity index (χ0n) is 23.2. The smallest absolute Gasteiger partial charge is 0.337 e. The summed E-state index contributed by atoms with van der Waals surface area (Å²) in [6.07, 6.45) is 14.3. The van der Waals surface area contributed by atoms with Crippen LogP contribution in [0.25, 0.3) is 0 Å². The highest BCUT2D eigenvalue weighted by molar-refractivity contribution is 6.30. The van der Waals surface area contributed by atoms with Crippen LogP contribution >= 0.6 is 11.6 Å². The second-order valence-corrected chi connectivity index (χ2v) is 12.4. The van der Waals surface area contributed by atoms with E-state index in [1.807, 2.05) is 31.4 Å². The number of benzene rings is 2. The third-order valence-corrected chi connectivity index (χ3v) is 10.0. The lowest BCUT2D eigenvalue weighted by Crippen LogP contribution is -2.50. The number of methoxy groups -OCH3 is 2. The Kier molecular flexibility index (Phi) is 7.65. The van der Waals surface area contributed by atoms with E-state index in [-0.39, 0.29) is 17.5 Å². The molecule has 2 aromatic carbocycles. The Labute approximate surface area is 237 Å². The molecule has 0 saturated heterocycles. The van der Waals surface area contributed by atoms with Gasteiger partial charge in [0.1, 0.15) is 5.75 Å². The minimum absolute atomic E-state index is 0.130. The van der Waals surface area contributed by atoms with E-state index in [4.69, 9.17) is 25.8 Å². The molecule has 0 aromatic heterocycles. The number of esters is 1. The van der Waals surface area contributed by atoms with Crippen LogP contribution in [0.1, 0.15) is 66.4 Å². The van der Waals surface area contributed by atoms with E-state index in [1.165, 1.54) is 50.3 Å². The average molecular weight is 550 g/mol. The van der Waals surface area contributed by atoms with E-state index in [2.05, 4.69) is 29.2 Å². The van der Waals surface area contributed by atoms with Gasteiger partial charge in [0.05, 0.1) is 31.1 Å². The van der Waals surface area contributed by atoms with Crippen molar-refractivity contribution >= 4 is 23.3 Å². The Morgan fingerprint density at radius 3 is 2.79 bits per heavy atom. The number of fused-ring (bicyclic) bond motifs is 3. The Balaban J connectivity index is 1.35. The maximum Gasteiger partial charge on any atom is 0.337 e. The fourth-order valence-electron chi connectivity index (χ4n) is 7.68. The third kappa shape index (κ3) is 5.09. The molecular formula is C33H40ClNO4. The molecule has 0 bridgehead atoms. The van der Waals surface area contributed by atoms with Crippen molar-refractivity contribution in [1.29, 1.82) is 0 Å². The van der Waals surface area contributed by atoms with Crippen molar-refractivity contribution in [2.45, 2.75) is 62.9 Å². The number of rotatable bonds is 6. The molecular weight excluding hydrogens is 510 g/mol. The number of allylic oxidation sites excluding steroid dienone is 1. The summed E-state index contributed by atoms with van der Waals surface area (Å²) in [5, 5.41) is 0.794. The van der Waals surface area contributed by atoms with Crippen molar-refractivity contribution in [3.8, 4) is 5.75 Å². The molecule has 6 heteroatoms. The molecule has 0 N–H and O–H groups in total. The van der Waals surface area contributed by atoms with Crippen LogP contribution in [0.15, 0.2) is 48.6 Å². The van der Waals surface area contributed by atoms with Crippen LogP contribution in [0.2, 0.25) is 5.02 Å². The Morgan fingerprint density at radius 2 is 2.05 bits per heavy atom. The van der Waals surface area contributed by atoms with Gasteiger partial charge >= 0.3 is 5.97 Å². The number of anilines is 1. The molecule has 1 saturated carbocycles. The Hall–Kier alpha value is -2.50. The number of ether oxygens (including phenoxy) is 3. The SMILES string of the molecule is COC(=O)c1ccc2c(c1)N(C[C@@H]1CC[C@H]1[C@@H](OC)[C@@H]1C=CCCC1)CC1(CCCc3cc(Cl)ccc31)CO2. The number of nitrogens with zero attached hydrogens (tertiary/aromatic N) is 1. The van der Waals surface area contributed by atoms with Gasteiger partial charge in [-0.25, -0.2) is 4.79 Å². The predicted molar refractivity (Wildman–Crippen MR) is 155 cm³/mol. The van der Waals surface area contributed by atoms with Crippen LogP contribution in [0.5, 0.6) is 5.75 Å². The fourth-order valence-corrected chi connectivity index (χ4v) is 7.87. The summed E-state index contributed by atoms with van der Waals surface area (Å²) in [5.41, 5.74) is 4.12. The van der Waals surface area contributed by atoms with Crippen LogP contribution in [0.3, 0.4) is 0 Å². The maximum absolute atomic E-state index is 12.5. The lowest BCUT2D eigenvalue weighted by atomic mass is 9.66. The predicted octanol–water partition coefficient (Wildman–Crippen LogP) is 7.00. The van der Waals surface area contributed by atoms with Crippen LogP contribution in [0.4, 0.5) is 5.69 Å². The van der Waals surface area contributed by atoms with Crippen molar-refractivity contribution in [3.63, 3.8) is 0 Å². The highest BCUT2D eigenvalue weighted by Crippen LogP contribution is 2.48. The van der Waals surface area contributed by atoms with Gasteiger partial charge in [-0.2, -0.15) is 0 Å². The minimum atomic E-state index is -0.320. The molecule has 6 rings (SSSR count). The topological polar surface area (TPSA) is 48.0 Å². The lowest BCUT2D eigenvalue weighted by Gasteiger charge is -2.47. The molecule has 0 amide bonds. The molecule has 4 aliphatic rings. The average Bonchev–Trinajstić information content (AvgIpc) is 3.10. The second-order valence-electron chi connectivity index (χ2n) is 12.0. The summed E-state index contributed by atoms with van der Waals surface area (Å²) in [7, 11) is 3.32. The highest BCUT2D eigenvalue weighted by Gasteiger charge is 2.45. The molecule has 208 valence electrons. The van der Waals surface area contributed by atoms with E-state index in [1.54, 1.807) is 0 Å². The first-order valence-corrected chi connectivity index (χ1v) is 15.0. The van der Waals surface area contributed by atoms with Crippen molar-refractivity contribution in [2.75, 3.05) is 38.8 Å². The van der Waals surface area contributed by atoms with E-state index in [9.17, 15) is 4.79 Å². The van der Waals surface area contributed by atoms with Crippen LogP contribution in [0, 0.1) is 17.8 Å². The first kappa shape index (κ1) is 26.7. The number of halogens is 1. The van der Waals surface area contributed by atoms with Crippen molar-refractivity contribution in [2.24, 2.45) is 17.8 Å². The summed E-state index contributed by atoms with van der Waals surface area (Å²) in [5.74, 6) is 2.09. The van der Waals surface area contributed by atoms with Gasteiger partial charge in [0.15, 0.2) is 0 Å². The quantitative estimate of drug-likeness (QED) is 0.287. The molecule has 5 atom stereocenters. The van der Waals surface area contributed by atoms with E-state index < -0.39 is 0 Å². The molecule has 5 nitrogen and oxygen atoms in total. The van der Waals surface area contributed by atoms with Crippen molar-refractivity contribution in [1.82, 2.24) is 0 Å². The van der Waals surface area contributed by atoms with Gasteiger partial charge in [0.25, 0.3) is 0 Å². The molecule has 3 aliphatic carbocycles. The fraction of sp³-hybridized carbons (Fsp3) is 0.545.